The second kappa shape index (κ2) is 6.10. The van der Waals surface area contributed by atoms with Crippen molar-refractivity contribution in [3.8, 4) is 5.75 Å². The lowest BCUT2D eigenvalue weighted by molar-refractivity contribution is 0.247. The Bertz CT molecular complexity index is 634. The Hall–Kier alpha value is -2.49. The first kappa shape index (κ1) is 14.4. The van der Waals surface area contributed by atoms with Gasteiger partial charge in [-0.05, 0) is 49.6 Å². The number of hydrogen-bond donors (Lipinski definition) is 2. The molecule has 1 saturated carbocycles. The zero-order valence-electron chi connectivity index (χ0n) is 12.6. The van der Waals surface area contributed by atoms with Crippen LogP contribution in [0.25, 0.3) is 0 Å². The molecule has 0 atom stereocenters. The summed E-state index contributed by atoms with van der Waals surface area (Å²) in [5, 5.41) is 5.96. The molecular weight excluding hydrogens is 276 g/mol. The Morgan fingerprint density at radius 3 is 2.36 bits per heavy atom. The minimum Gasteiger partial charge on any atom is -0.494 e. The van der Waals surface area contributed by atoms with Crippen LogP contribution in [0, 0.1) is 0 Å². The van der Waals surface area contributed by atoms with Gasteiger partial charge in [-0.15, -0.1) is 0 Å². The van der Waals surface area contributed by atoms with E-state index >= 15 is 0 Å². The molecule has 0 unspecified atom stereocenters. The van der Waals surface area contributed by atoms with Crippen molar-refractivity contribution in [3.63, 3.8) is 0 Å². The number of rotatable bonds is 5. The fourth-order valence-electron chi connectivity index (χ4n) is 2.55. The van der Waals surface area contributed by atoms with Gasteiger partial charge in [0.1, 0.15) is 5.75 Å². The average molecular weight is 296 g/mol. The number of nitrogens with one attached hydrogen (secondary N) is 2. The molecule has 2 N–H and O–H groups in total. The standard InChI is InChI=1S/C18H20N2O2/c1-2-22-16-10-8-15(9-11-16)19-17(21)20-18(12-13-18)14-6-4-3-5-7-14/h3-11H,2,12-13H2,1H3,(H2,19,20,21). The Kier molecular flexibility index (Phi) is 4.00. The molecular formula is C18H20N2O2. The van der Waals surface area contributed by atoms with Crippen LogP contribution in [0.4, 0.5) is 10.5 Å². The number of amides is 2. The maximum absolute atomic E-state index is 12.2. The van der Waals surface area contributed by atoms with Gasteiger partial charge in [0.05, 0.1) is 12.1 Å². The maximum atomic E-state index is 12.2. The largest absolute Gasteiger partial charge is 0.494 e. The lowest BCUT2D eigenvalue weighted by atomic mass is 10.1. The Morgan fingerprint density at radius 1 is 1.09 bits per heavy atom. The highest BCUT2D eigenvalue weighted by Gasteiger charge is 2.45. The van der Waals surface area contributed by atoms with Crippen molar-refractivity contribution >= 4 is 11.7 Å². The molecule has 0 spiro atoms. The monoisotopic (exact) mass is 296 g/mol. The molecule has 2 aromatic carbocycles. The van der Waals surface area contributed by atoms with E-state index in [1.54, 1.807) is 0 Å². The van der Waals surface area contributed by atoms with E-state index in [1.807, 2.05) is 49.4 Å². The zero-order valence-corrected chi connectivity index (χ0v) is 12.6. The van der Waals surface area contributed by atoms with Gasteiger partial charge in [0.25, 0.3) is 0 Å². The Morgan fingerprint density at radius 2 is 1.77 bits per heavy atom. The number of benzene rings is 2. The van der Waals surface area contributed by atoms with E-state index in [4.69, 9.17) is 4.74 Å². The molecule has 4 heteroatoms. The van der Waals surface area contributed by atoms with Crippen LogP contribution in [-0.2, 0) is 5.54 Å². The van der Waals surface area contributed by atoms with Gasteiger partial charge in [-0.1, -0.05) is 30.3 Å². The third-order valence-electron chi connectivity index (χ3n) is 3.85. The molecule has 1 aliphatic rings. The molecule has 3 rings (SSSR count). The third kappa shape index (κ3) is 3.22. The van der Waals surface area contributed by atoms with Crippen molar-refractivity contribution in [3.05, 3.63) is 60.2 Å². The van der Waals surface area contributed by atoms with E-state index in [1.165, 1.54) is 0 Å². The molecule has 4 nitrogen and oxygen atoms in total. The highest BCUT2D eigenvalue weighted by Crippen LogP contribution is 2.45. The van der Waals surface area contributed by atoms with Crippen molar-refractivity contribution in [2.75, 3.05) is 11.9 Å². The van der Waals surface area contributed by atoms with E-state index in [0.717, 1.165) is 29.8 Å². The van der Waals surface area contributed by atoms with Crippen LogP contribution in [0.5, 0.6) is 5.75 Å². The highest BCUT2D eigenvalue weighted by atomic mass is 16.5. The van der Waals surface area contributed by atoms with Crippen molar-refractivity contribution in [2.24, 2.45) is 0 Å². The predicted molar refractivity (Wildman–Crippen MR) is 87.1 cm³/mol. The fraction of sp³-hybridized carbons (Fsp3) is 0.278. The van der Waals surface area contributed by atoms with Crippen LogP contribution in [0.3, 0.4) is 0 Å². The summed E-state index contributed by atoms with van der Waals surface area (Å²) < 4.78 is 5.39. The van der Waals surface area contributed by atoms with E-state index in [0.29, 0.717) is 6.61 Å². The van der Waals surface area contributed by atoms with Crippen LogP contribution in [0.15, 0.2) is 54.6 Å². The highest BCUT2D eigenvalue weighted by molar-refractivity contribution is 5.90. The van der Waals surface area contributed by atoms with Crippen molar-refractivity contribution < 1.29 is 9.53 Å². The summed E-state index contributed by atoms with van der Waals surface area (Å²) in [7, 11) is 0. The van der Waals surface area contributed by atoms with Crippen LogP contribution < -0.4 is 15.4 Å². The van der Waals surface area contributed by atoms with Crippen LogP contribution in [0.1, 0.15) is 25.3 Å². The van der Waals surface area contributed by atoms with Gasteiger partial charge < -0.3 is 15.4 Å². The Balaban J connectivity index is 1.61. The first-order valence-corrected chi connectivity index (χ1v) is 7.59. The Labute approximate surface area is 130 Å². The molecule has 22 heavy (non-hydrogen) atoms. The molecule has 0 radical (unpaired) electrons. The summed E-state index contributed by atoms with van der Waals surface area (Å²) >= 11 is 0. The summed E-state index contributed by atoms with van der Waals surface area (Å²) in [6.07, 6.45) is 1.96. The van der Waals surface area contributed by atoms with E-state index in [-0.39, 0.29) is 11.6 Å². The number of carbonyl (C=O) groups excluding carboxylic acids is 1. The number of ether oxygens (including phenoxy) is 1. The lowest BCUT2D eigenvalue weighted by Gasteiger charge is -2.18. The van der Waals surface area contributed by atoms with Crippen molar-refractivity contribution in [1.82, 2.24) is 5.32 Å². The number of carbonyl (C=O) groups is 1. The second-order valence-corrected chi connectivity index (χ2v) is 5.48. The van der Waals surface area contributed by atoms with E-state index in [9.17, 15) is 4.79 Å². The second-order valence-electron chi connectivity index (χ2n) is 5.48. The zero-order chi connectivity index (χ0) is 15.4. The fourth-order valence-corrected chi connectivity index (χ4v) is 2.55. The summed E-state index contributed by atoms with van der Waals surface area (Å²) in [4.78, 5) is 12.2. The van der Waals surface area contributed by atoms with Gasteiger partial charge in [-0.2, -0.15) is 0 Å². The summed E-state index contributed by atoms with van der Waals surface area (Å²) in [5.41, 5.74) is 1.72. The number of hydrogen-bond acceptors (Lipinski definition) is 2. The molecule has 0 aromatic heterocycles. The van der Waals surface area contributed by atoms with Gasteiger partial charge in [-0.25, -0.2) is 4.79 Å². The molecule has 114 valence electrons. The molecule has 1 aliphatic carbocycles. The van der Waals surface area contributed by atoms with E-state index < -0.39 is 0 Å². The van der Waals surface area contributed by atoms with Crippen LogP contribution >= 0.6 is 0 Å². The molecule has 0 saturated heterocycles. The SMILES string of the molecule is CCOc1ccc(NC(=O)NC2(c3ccccc3)CC2)cc1. The summed E-state index contributed by atoms with van der Waals surface area (Å²) in [6.45, 7) is 2.57. The quantitative estimate of drug-likeness (QED) is 0.879. The smallest absolute Gasteiger partial charge is 0.319 e. The first-order valence-electron chi connectivity index (χ1n) is 7.59. The lowest BCUT2D eigenvalue weighted by Crippen LogP contribution is -2.38. The number of anilines is 1. The van der Waals surface area contributed by atoms with Gasteiger partial charge in [0, 0.05) is 5.69 Å². The number of urea groups is 1. The molecule has 0 aliphatic heterocycles. The van der Waals surface area contributed by atoms with Crippen molar-refractivity contribution in [1.29, 1.82) is 0 Å². The minimum atomic E-state index is -0.198. The first-order chi connectivity index (χ1) is 10.7. The molecule has 0 bridgehead atoms. The maximum Gasteiger partial charge on any atom is 0.319 e. The molecule has 2 aromatic rings. The van der Waals surface area contributed by atoms with E-state index in [2.05, 4.69) is 22.8 Å². The topological polar surface area (TPSA) is 50.4 Å². The van der Waals surface area contributed by atoms with Gasteiger partial charge in [0.2, 0.25) is 0 Å². The third-order valence-corrected chi connectivity index (χ3v) is 3.85. The average Bonchev–Trinajstić information content (AvgIpc) is 3.31. The van der Waals surface area contributed by atoms with Crippen LogP contribution in [-0.4, -0.2) is 12.6 Å². The van der Waals surface area contributed by atoms with Gasteiger partial charge in [-0.3, -0.25) is 0 Å². The molecule has 1 fully saturated rings. The molecule has 0 heterocycles. The van der Waals surface area contributed by atoms with Gasteiger partial charge in [0.15, 0.2) is 0 Å². The molecule has 2 amide bonds. The predicted octanol–water partition coefficient (Wildman–Crippen LogP) is 3.90. The van der Waals surface area contributed by atoms with Crippen LogP contribution in [0.2, 0.25) is 0 Å². The summed E-state index contributed by atoms with van der Waals surface area (Å²) in [6, 6.07) is 17.3. The normalized spacial score (nSPS) is 15.0. The van der Waals surface area contributed by atoms with Crippen molar-refractivity contribution in [2.45, 2.75) is 25.3 Å². The summed E-state index contributed by atoms with van der Waals surface area (Å²) in [5.74, 6) is 0.802. The van der Waals surface area contributed by atoms with Gasteiger partial charge >= 0.3 is 6.03 Å². The minimum absolute atomic E-state index is 0.175.